The lowest BCUT2D eigenvalue weighted by atomic mass is 10.0. The van der Waals surface area contributed by atoms with Crippen molar-refractivity contribution in [3.05, 3.63) is 58.9 Å². The van der Waals surface area contributed by atoms with Crippen LogP contribution in [0.2, 0.25) is 5.02 Å². The number of hydrogen-bond acceptors (Lipinski definition) is 4. The molecule has 2 aromatic carbocycles. The summed E-state index contributed by atoms with van der Waals surface area (Å²) in [5, 5.41) is 3.38. The van der Waals surface area contributed by atoms with Gasteiger partial charge in [-0.1, -0.05) is 24.1 Å². The van der Waals surface area contributed by atoms with Crippen LogP contribution in [0.25, 0.3) is 11.0 Å². The third-order valence-corrected chi connectivity index (χ3v) is 7.55. The Bertz CT molecular complexity index is 1250. The quantitative estimate of drug-likeness (QED) is 0.520. The van der Waals surface area contributed by atoms with E-state index in [2.05, 4.69) is 15.2 Å². The molecule has 0 saturated carbocycles. The minimum absolute atomic E-state index is 0.0490. The van der Waals surface area contributed by atoms with Gasteiger partial charge >= 0.3 is 6.18 Å². The number of anilines is 1. The first kappa shape index (κ1) is 24.9. The fourth-order valence-corrected chi connectivity index (χ4v) is 5.45. The van der Waals surface area contributed by atoms with Crippen molar-refractivity contribution in [2.75, 3.05) is 37.6 Å². The van der Waals surface area contributed by atoms with Gasteiger partial charge in [-0.15, -0.1) is 0 Å². The number of piperidine rings is 1. The maximum Gasteiger partial charge on any atom is 0.416 e. The lowest BCUT2D eigenvalue weighted by Crippen LogP contribution is -2.55. The van der Waals surface area contributed by atoms with E-state index in [0.29, 0.717) is 31.7 Å². The van der Waals surface area contributed by atoms with Gasteiger partial charge in [0.2, 0.25) is 5.91 Å². The van der Waals surface area contributed by atoms with Crippen molar-refractivity contribution in [1.82, 2.24) is 19.8 Å². The lowest BCUT2D eigenvalue weighted by Gasteiger charge is -2.38. The molecule has 0 aliphatic carbocycles. The molecule has 5 rings (SSSR count). The third-order valence-electron chi connectivity index (χ3n) is 7.31. The van der Waals surface area contributed by atoms with Crippen molar-refractivity contribution in [3.8, 4) is 0 Å². The monoisotopic (exact) mass is 519 g/mol. The standard InChI is InChI=1S/C26H29ClF3N5O/c1-17(20-7-5-18(27)14-21(20)26(28,29)30)35-16-32-22-8-6-19(15-24(22)35)33-10-12-34(13-11-33)25(36)23-4-2-3-9-31-23/h5-8,14-17,23,31H,2-4,9-13H2,1H3/t17?,23-/m1/s1. The highest BCUT2D eigenvalue weighted by Gasteiger charge is 2.35. The van der Waals surface area contributed by atoms with Crippen molar-refractivity contribution < 1.29 is 18.0 Å². The first-order chi connectivity index (χ1) is 17.2. The first-order valence-corrected chi connectivity index (χ1v) is 12.7. The zero-order valence-electron chi connectivity index (χ0n) is 20.1. The summed E-state index contributed by atoms with van der Waals surface area (Å²) in [6.07, 6.45) is 0.157. The topological polar surface area (TPSA) is 53.4 Å². The van der Waals surface area contributed by atoms with Gasteiger partial charge in [0, 0.05) is 36.9 Å². The summed E-state index contributed by atoms with van der Waals surface area (Å²) in [4.78, 5) is 21.4. The van der Waals surface area contributed by atoms with Gasteiger partial charge in [-0.3, -0.25) is 4.79 Å². The molecule has 2 aliphatic heterocycles. The summed E-state index contributed by atoms with van der Waals surface area (Å²) in [6.45, 7) is 5.31. The van der Waals surface area contributed by atoms with Gasteiger partial charge in [0.1, 0.15) is 0 Å². The van der Waals surface area contributed by atoms with Crippen molar-refractivity contribution in [2.24, 2.45) is 0 Å². The Morgan fingerprint density at radius 3 is 2.58 bits per heavy atom. The summed E-state index contributed by atoms with van der Waals surface area (Å²) < 4.78 is 43.0. The van der Waals surface area contributed by atoms with Crippen LogP contribution >= 0.6 is 11.6 Å². The van der Waals surface area contributed by atoms with E-state index in [4.69, 9.17) is 11.6 Å². The van der Waals surface area contributed by atoms with Crippen LogP contribution in [0.3, 0.4) is 0 Å². The first-order valence-electron chi connectivity index (χ1n) is 12.3. The van der Waals surface area contributed by atoms with E-state index < -0.39 is 17.8 Å². The van der Waals surface area contributed by atoms with E-state index in [1.807, 2.05) is 23.1 Å². The molecule has 0 radical (unpaired) electrons. The second-order valence-corrected chi connectivity index (χ2v) is 9.98. The Morgan fingerprint density at radius 2 is 1.89 bits per heavy atom. The molecule has 1 amide bonds. The van der Waals surface area contributed by atoms with Crippen LogP contribution in [0.1, 0.15) is 43.4 Å². The van der Waals surface area contributed by atoms with Crippen LogP contribution in [-0.4, -0.2) is 59.1 Å². The molecule has 2 fully saturated rings. The second-order valence-electron chi connectivity index (χ2n) is 9.54. The van der Waals surface area contributed by atoms with Gasteiger partial charge in [-0.2, -0.15) is 13.2 Å². The number of alkyl halides is 3. The molecular formula is C26H29ClF3N5O. The molecule has 0 bridgehead atoms. The normalized spacial score (nSPS) is 20.1. The number of piperazine rings is 1. The largest absolute Gasteiger partial charge is 0.416 e. The summed E-state index contributed by atoms with van der Waals surface area (Å²) >= 11 is 5.88. The number of amides is 1. The number of halogens is 4. The Kier molecular flexibility index (Phi) is 6.87. The van der Waals surface area contributed by atoms with Crippen LogP contribution in [-0.2, 0) is 11.0 Å². The van der Waals surface area contributed by atoms with Crippen LogP contribution in [0, 0.1) is 0 Å². The number of carbonyl (C=O) groups is 1. The molecule has 6 nitrogen and oxygen atoms in total. The number of carbonyl (C=O) groups excluding carboxylic acids is 1. The molecule has 3 heterocycles. The van der Waals surface area contributed by atoms with E-state index >= 15 is 0 Å². The molecule has 3 aromatic rings. The lowest BCUT2D eigenvalue weighted by molar-refractivity contribution is -0.138. The zero-order chi connectivity index (χ0) is 25.4. The highest BCUT2D eigenvalue weighted by Crippen LogP contribution is 2.38. The number of rotatable bonds is 4. The average molecular weight is 520 g/mol. The summed E-state index contributed by atoms with van der Waals surface area (Å²) in [5.41, 5.74) is 1.83. The Labute approximate surface area is 213 Å². The zero-order valence-corrected chi connectivity index (χ0v) is 20.8. The fraction of sp³-hybridized carbons (Fsp3) is 0.462. The minimum atomic E-state index is -4.51. The number of nitrogens with one attached hydrogen (secondary N) is 1. The Morgan fingerprint density at radius 1 is 1.11 bits per heavy atom. The number of aromatic nitrogens is 2. The summed E-state index contributed by atoms with van der Waals surface area (Å²) in [7, 11) is 0. The molecule has 36 heavy (non-hydrogen) atoms. The van der Waals surface area contributed by atoms with Gasteiger partial charge in [0.15, 0.2) is 0 Å². The third kappa shape index (κ3) is 4.91. The van der Waals surface area contributed by atoms with E-state index in [-0.39, 0.29) is 22.5 Å². The van der Waals surface area contributed by atoms with E-state index in [1.165, 1.54) is 12.1 Å². The van der Waals surface area contributed by atoms with E-state index in [9.17, 15) is 18.0 Å². The highest BCUT2D eigenvalue weighted by molar-refractivity contribution is 6.30. The van der Waals surface area contributed by atoms with E-state index in [0.717, 1.165) is 43.1 Å². The number of imidazole rings is 1. The van der Waals surface area contributed by atoms with Crippen LogP contribution in [0.5, 0.6) is 0 Å². The molecule has 1 aromatic heterocycles. The molecule has 1 unspecified atom stereocenters. The van der Waals surface area contributed by atoms with Crippen molar-refractivity contribution >= 4 is 34.2 Å². The smallest absolute Gasteiger partial charge is 0.368 e. The molecule has 10 heteroatoms. The maximum atomic E-state index is 13.7. The van der Waals surface area contributed by atoms with Crippen molar-refractivity contribution in [1.29, 1.82) is 0 Å². The van der Waals surface area contributed by atoms with Crippen molar-refractivity contribution in [3.63, 3.8) is 0 Å². The van der Waals surface area contributed by atoms with Gasteiger partial charge in [0.05, 0.1) is 35.0 Å². The number of nitrogens with zero attached hydrogens (tertiary/aromatic N) is 4. The average Bonchev–Trinajstić information content (AvgIpc) is 3.31. The molecule has 192 valence electrons. The summed E-state index contributed by atoms with van der Waals surface area (Å²) in [6, 6.07) is 9.06. The second kappa shape index (κ2) is 9.94. The van der Waals surface area contributed by atoms with Gasteiger partial charge in [0.25, 0.3) is 0 Å². The molecule has 2 aliphatic rings. The predicted octanol–water partition coefficient (Wildman–Crippen LogP) is 5.11. The SMILES string of the molecule is CC(c1ccc(Cl)cc1C(F)(F)F)n1cnc2ccc(N3CCN(C(=O)[C@H]4CCCCN4)CC3)cc21. The molecule has 0 spiro atoms. The van der Waals surface area contributed by atoms with Crippen molar-refractivity contribution in [2.45, 2.75) is 44.4 Å². The minimum Gasteiger partial charge on any atom is -0.368 e. The predicted molar refractivity (Wildman–Crippen MR) is 134 cm³/mol. The Hall–Kier alpha value is -2.78. The van der Waals surface area contributed by atoms with Gasteiger partial charge in [-0.25, -0.2) is 4.98 Å². The van der Waals surface area contributed by atoms with Crippen LogP contribution in [0.4, 0.5) is 18.9 Å². The van der Waals surface area contributed by atoms with Crippen LogP contribution < -0.4 is 10.2 Å². The fourth-order valence-electron chi connectivity index (χ4n) is 5.28. The number of hydrogen-bond donors (Lipinski definition) is 1. The van der Waals surface area contributed by atoms with Gasteiger partial charge < -0.3 is 19.7 Å². The highest BCUT2D eigenvalue weighted by atomic mass is 35.5. The number of fused-ring (bicyclic) bond motifs is 1. The molecular weight excluding hydrogens is 491 g/mol. The van der Waals surface area contributed by atoms with Gasteiger partial charge in [-0.05, 0) is 62.2 Å². The maximum absolute atomic E-state index is 13.7. The van der Waals surface area contributed by atoms with Crippen LogP contribution in [0.15, 0.2) is 42.7 Å². The number of benzene rings is 2. The Balaban J connectivity index is 1.36. The van der Waals surface area contributed by atoms with E-state index in [1.54, 1.807) is 17.8 Å². The molecule has 2 saturated heterocycles. The molecule has 1 N–H and O–H groups in total. The summed E-state index contributed by atoms with van der Waals surface area (Å²) in [5.74, 6) is 0.181. The molecule has 2 atom stereocenters.